The second-order valence-electron chi connectivity index (χ2n) is 9.35. The number of piperidine rings is 1. The van der Waals surface area contributed by atoms with E-state index in [0.717, 1.165) is 43.0 Å². The number of para-hydroxylation sites is 2. The highest BCUT2D eigenvalue weighted by Gasteiger charge is 2.33. The van der Waals surface area contributed by atoms with E-state index in [-0.39, 0.29) is 24.3 Å². The summed E-state index contributed by atoms with van der Waals surface area (Å²) in [6, 6.07) is 8.03. The second-order valence-corrected chi connectivity index (χ2v) is 9.35. The van der Waals surface area contributed by atoms with E-state index in [1.807, 2.05) is 28.8 Å². The van der Waals surface area contributed by atoms with Crippen molar-refractivity contribution in [1.29, 1.82) is 0 Å². The number of aliphatic hydroxyl groups is 1. The average molecular weight is 415 g/mol. The van der Waals surface area contributed by atoms with Crippen LogP contribution < -0.4 is 11.4 Å². The third-order valence-electron chi connectivity index (χ3n) is 7.31. The van der Waals surface area contributed by atoms with Gasteiger partial charge in [0.2, 0.25) is 0 Å². The minimum atomic E-state index is 0.0126. The zero-order valence-electron chi connectivity index (χ0n) is 18.2. The number of nitrogens with zero attached hydrogens (tertiary/aromatic N) is 3. The molecule has 0 bridgehead atoms. The molecule has 2 aliphatic rings. The number of nitrogens with two attached hydrogens (primary N) is 1. The molecule has 2 unspecified atom stereocenters. The van der Waals surface area contributed by atoms with Crippen molar-refractivity contribution in [3.63, 3.8) is 0 Å². The third-order valence-corrected chi connectivity index (χ3v) is 7.31. The number of hydrogen-bond donors (Lipinski definition) is 2. The lowest BCUT2D eigenvalue weighted by Gasteiger charge is -2.40. The Morgan fingerprint density at radius 3 is 2.40 bits per heavy atom. The van der Waals surface area contributed by atoms with Gasteiger partial charge < -0.3 is 15.7 Å². The van der Waals surface area contributed by atoms with E-state index in [4.69, 9.17) is 5.73 Å². The van der Waals surface area contributed by atoms with Crippen molar-refractivity contribution in [3.05, 3.63) is 34.7 Å². The molecule has 2 aromatic rings. The summed E-state index contributed by atoms with van der Waals surface area (Å²) in [5.41, 5.74) is 7.70. The maximum atomic E-state index is 13.3. The summed E-state index contributed by atoms with van der Waals surface area (Å²) >= 11 is 0. The van der Waals surface area contributed by atoms with Crippen LogP contribution in [0.2, 0.25) is 0 Å². The highest BCUT2D eigenvalue weighted by Crippen LogP contribution is 2.32. The molecule has 0 radical (unpaired) electrons. The van der Waals surface area contributed by atoms with Gasteiger partial charge >= 0.3 is 5.69 Å². The van der Waals surface area contributed by atoms with Crippen LogP contribution in [0.4, 0.5) is 0 Å². The fourth-order valence-corrected chi connectivity index (χ4v) is 5.77. The molecule has 166 valence electrons. The number of rotatable bonds is 6. The molecule has 2 atom stereocenters. The first-order valence-corrected chi connectivity index (χ1v) is 12.0. The fraction of sp³-hybridized carbons (Fsp3) is 0.708. The summed E-state index contributed by atoms with van der Waals surface area (Å²) in [5, 5.41) is 10.2. The van der Waals surface area contributed by atoms with Crippen molar-refractivity contribution < 1.29 is 5.11 Å². The lowest BCUT2D eigenvalue weighted by molar-refractivity contribution is 0.0647. The number of imidazole rings is 1. The minimum Gasteiger partial charge on any atom is -0.396 e. The first-order valence-electron chi connectivity index (χ1n) is 12.0. The normalized spacial score (nSPS) is 24.7. The van der Waals surface area contributed by atoms with Gasteiger partial charge in [0.1, 0.15) is 0 Å². The Hall–Kier alpha value is -1.63. The maximum Gasteiger partial charge on any atom is 0.329 e. The predicted octanol–water partition coefficient (Wildman–Crippen LogP) is 2.98. The quantitative estimate of drug-likeness (QED) is 0.762. The van der Waals surface area contributed by atoms with Gasteiger partial charge in [0.25, 0.3) is 0 Å². The largest absolute Gasteiger partial charge is 0.396 e. The summed E-state index contributed by atoms with van der Waals surface area (Å²) in [4.78, 5) is 15.8. The van der Waals surface area contributed by atoms with E-state index in [1.165, 1.54) is 44.9 Å². The van der Waals surface area contributed by atoms with Crippen LogP contribution in [0.15, 0.2) is 29.1 Å². The van der Waals surface area contributed by atoms with E-state index in [2.05, 4.69) is 4.90 Å². The van der Waals surface area contributed by atoms with Crippen molar-refractivity contribution in [1.82, 2.24) is 14.0 Å². The number of fused-ring (bicyclic) bond motifs is 1. The number of benzene rings is 1. The Bertz CT molecular complexity index is 866. The number of hydrogen-bond acceptors (Lipinski definition) is 4. The van der Waals surface area contributed by atoms with E-state index in [0.29, 0.717) is 13.1 Å². The molecule has 4 rings (SSSR count). The first kappa shape index (κ1) is 21.6. The van der Waals surface area contributed by atoms with Crippen LogP contribution in [0.25, 0.3) is 11.0 Å². The van der Waals surface area contributed by atoms with Gasteiger partial charge in [0.15, 0.2) is 0 Å². The van der Waals surface area contributed by atoms with Gasteiger partial charge in [-0.15, -0.1) is 0 Å². The summed E-state index contributed by atoms with van der Waals surface area (Å²) in [6.45, 7) is 4.11. The van der Waals surface area contributed by atoms with E-state index >= 15 is 0 Å². The standard InChI is InChI=1S/C24H38N4O2/c25-13-15-27-22-10-6-7-11-23(22)28(24(27)30)21-12-14-26(17-20(21)18-29)16-19-8-4-2-1-3-5-9-19/h6-7,10-11,19-21,29H,1-5,8-9,12-18,25H2. The molecule has 1 aliphatic carbocycles. The molecule has 6 nitrogen and oxygen atoms in total. The molecule has 0 amide bonds. The summed E-state index contributed by atoms with van der Waals surface area (Å²) < 4.78 is 3.74. The highest BCUT2D eigenvalue weighted by atomic mass is 16.3. The lowest BCUT2D eigenvalue weighted by Crippen LogP contribution is -2.46. The van der Waals surface area contributed by atoms with Gasteiger partial charge in [-0.1, -0.05) is 44.2 Å². The van der Waals surface area contributed by atoms with E-state index in [1.54, 1.807) is 4.57 Å². The van der Waals surface area contributed by atoms with Crippen molar-refractivity contribution in [2.24, 2.45) is 17.6 Å². The van der Waals surface area contributed by atoms with Gasteiger partial charge in [-0.3, -0.25) is 9.13 Å². The van der Waals surface area contributed by atoms with Gasteiger partial charge in [-0.05, 0) is 37.3 Å². The Kier molecular flexibility index (Phi) is 7.28. The molecule has 2 fully saturated rings. The van der Waals surface area contributed by atoms with Crippen LogP contribution in [0, 0.1) is 11.8 Å². The lowest BCUT2D eigenvalue weighted by atomic mass is 9.88. The monoisotopic (exact) mass is 414 g/mol. The Morgan fingerprint density at radius 2 is 1.70 bits per heavy atom. The van der Waals surface area contributed by atoms with Crippen LogP contribution in [-0.2, 0) is 6.54 Å². The molecule has 3 N–H and O–H groups in total. The zero-order valence-corrected chi connectivity index (χ0v) is 18.2. The SMILES string of the molecule is NCCn1c(=O)n(C2CCN(CC3CCCCCCC3)CC2CO)c2ccccc21. The second kappa shape index (κ2) is 10.1. The Morgan fingerprint density at radius 1 is 1.00 bits per heavy atom. The van der Waals surface area contributed by atoms with Crippen LogP contribution in [0.5, 0.6) is 0 Å². The van der Waals surface area contributed by atoms with Crippen LogP contribution in [0.1, 0.15) is 57.4 Å². The average Bonchev–Trinajstić information content (AvgIpc) is 3.02. The summed E-state index contributed by atoms with van der Waals surface area (Å²) in [6.07, 6.45) is 10.5. The third kappa shape index (κ3) is 4.51. The molecule has 30 heavy (non-hydrogen) atoms. The summed E-state index contributed by atoms with van der Waals surface area (Å²) in [7, 11) is 0. The van der Waals surface area contributed by atoms with Gasteiger partial charge in [0.05, 0.1) is 11.0 Å². The Labute approximate surface area is 179 Å². The fourth-order valence-electron chi connectivity index (χ4n) is 5.77. The molecular weight excluding hydrogens is 376 g/mol. The smallest absolute Gasteiger partial charge is 0.329 e. The van der Waals surface area contributed by atoms with Crippen LogP contribution in [0.3, 0.4) is 0 Å². The summed E-state index contributed by atoms with van der Waals surface area (Å²) in [5.74, 6) is 0.873. The van der Waals surface area contributed by atoms with E-state index in [9.17, 15) is 9.90 Å². The molecular formula is C24H38N4O2. The number of likely N-dealkylation sites (tertiary alicyclic amines) is 1. The van der Waals surface area contributed by atoms with Gasteiger partial charge in [-0.25, -0.2) is 4.79 Å². The Balaban J connectivity index is 1.53. The van der Waals surface area contributed by atoms with Crippen molar-refractivity contribution >= 4 is 11.0 Å². The maximum absolute atomic E-state index is 13.3. The molecule has 6 heteroatoms. The molecule has 1 aliphatic heterocycles. The predicted molar refractivity (Wildman–Crippen MR) is 122 cm³/mol. The number of aliphatic hydroxyl groups excluding tert-OH is 1. The minimum absolute atomic E-state index is 0.0126. The van der Waals surface area contributed by atoms with Crippen molar-refractivity contribution in [3.8, 4) is 0 Å². The molecule has 0 spiro atoms. The van der Waals surface area contributed by atoms with E-state index < -0.39 is 0 Å². The van der Waals surface area contributed by atoms with Crippen LogP contribution in [-0.4, -0.2) is 51.9 Å². The molecule has 1 aromatic heterocycles. The zero-order chi connectivity index (χ0) is 20.9. The topological polar surface area (TPSA) is 76.4 Å². The molecule has 1 saturated heterocycles. The molecule has 1 aromatic carbocycles. The van der Waals surface area contributed by atoms with Crippen LogP contribution >= 0.6 is 0 Å². The highest BCUT2D eigenvalue weighted by molar-refractivity contribution is 5.76. The van der Waals surface area contributed by atoms with Gasteiger partial charge in [0, 0.05) is 51.3 Å². The van der Waals surface area contributed by atoms with Crippen molar-refractivity contribution in [2.75, 3.05) is 32.8 Å². The van der Waals surface area contributed by atoms with Gasteiger partial charge in [-0.2, -0.15) is 0 Å². The molecule has 1 saturated carbocycles. The van der Waals surface area contributed by atoms with Crippen molar-refractivity contribution in [2.45, 2.75) is 64.0 Å². The molecule has 2 heterocycles. The number of aromatic nitrogens is 2. The first-order chi connectivity index (χ1) is 14.7.